The smallest absolute Gasteiger partial charge is 0.330 e. The van der Waals surface area contributed by atoms with Gasteiger partial charge in [-0.25, -0.2) is 4.79 Å². The summed E-state index contributed by atoms with van der Waals surface area (Å²) in [5.74, 6) is -0.147. The number of aromatic amines is 1. The number of carbonyl (C=O) groups excluding carboxylic acids is 1. The van der Waals surface area contributed by atoms with Crippen LogP contribution in [0.4, 0.5) is 17.2 Å². The molecule has 33 heavy (non-hydrogen) atoms. The number of carbonyl (C=O) groups is 1. The summed E-state index contributed by atoms with van der Waals surface area (Å²) in [4.78, 5) is 44.1. The van der Waals surface area contributed by atoms with Crippen molar-refractivity contribution in [1.82, 2.24) is 9.55 Å². The third-order valence-corrected chi connectivity index (χ3v) is 5.61. The van der Waals surface area contributed by atoms with E-state index >= 15 is 0 Å². The second kappa shape index (κ2) is 10.4. The van der Waals surface area contributed by atoms with Gasteiger partial charge in [0, 0.05) is 25.8 Å². The Morgan fingerprint density at radius 2 is 1.82 bits per heavy atom. The van der Waals surface area contributed by atoms with E-state index in [4.69, 9.17) is 5.73 Å². The van der Waals surface area contributed by atoms with E-state index < -0.39 is 11.2 Å². The summed E-state index contributed by atoms with van der Waals surface area (Å²) < 4.78 is 1.34. The second-order valence-electron chi connectivity index (χ2n) is 8.78. The fraction of sp³-hybridized carbons (Fsp3) is 0.400. The van der Waals surface area contributed by atoms with E-state index in [1.807, 2.05) is 75.2 Å². The summed E-state index contributed by atoms with van der Waals surface area (Å²) in [7, 11) is 1.84. The molecule has 176 valence electrons. The lowest BCUT2D eigenvalue weighted by Gasteiger charge is -2.28. The molecule has 3 aromatic rings. The molecule has 1 heterocycles. The Kier molecular flexibility index (Phi) is 7.58. The maximum absolute atomic E-state index is 13.4. The monoisotopic (exact) mass is 451 g/mol. The first kappa shape index (κ1) is 24.1. The largest absolute Gasteiger partial charge is 0.383 e. The van der Waals surface area contributed by atoms with E-state index in [0.717, 1.165) is 29.3 Å². The van der Waals surface area contributed by atoms with Crippen LogP contribution in [0, 0.1) is 5.92 Å². The molecule has 1 aromatic heterocycles. The van der Waals surface area contributed by atoms with Gasteiger partial charge in [-0.15, -0.1) is 0 Å². The van der Waals surface area contributed by atoms with Gasteiger partial charge in [0.2, 0.25) is 5.91 Å². The molecule has 0 bridgehead atoms. The van der Waals surface area contributed by atoms with Gasteiger partial charge in [0.25, 0.3) is 5.56 Å². The molecule has 0 spiro atoms. The van der Waals surface area contributed by atoms with E-state index in [0.29, 0.717) is 13.1 Å². The van der Waals surface area contributed by atoms with Crippen molar-refractivity contribution in [2.75, 3.05) is 35.7 Å². The highest BCUT2D eigenvalue weighted by atomic mass is 16.2. The zero-order valence-corrected chi connectivity index (χ0v) is 19.8. The van der Waals surface area contributed by atoms with Gasteiger partial charge in [-0.2, -0.15) is 0 Å². The number of H-pyrrole nitrogens is 1. The highest BCUT2D eigenvalue weighted by molar-refractivity contribution is 5.98. The molecule has 3 N–H and O–H groups in total. The van der Waals surface area contributed by atoms with Crippen LogP contribution in [0.2, 0.25) is 0 Å². The normalized spacial score (nSPS) is 11.2. The molecule has 0 aliphatic rings. The van der Waals surface area contributed by atoms with Crippen LogP contribution in [0.5, 0.6) is 0 Å². The lowest BCUT2D eigenvalue weighted by atomic mass is 10.1. The van der Waals surface area contributed by atoms with Crippen LogP contribution in [0.15, 0.2) is 52.1 Å². The summed E-state index contributed by atoms with van der Waals surface area (Å²) in [6, 6.07) is 14.0. The number of anilines is 3. The van der Waals surface area contributed by atoms with E-state index in [2.05, 4.69) is 4.98 Å². The average molecular weight is 452 g/mol. The van der Waals surface area contributed by atoms with Crippen LogP contribution in [-0.4, -0.2) is 35.6 Å². The highest BCUT2D eigenvalue weighted by Gasteiger charge is 2.26. The van der Waals surface area contributed by atoms with Gasteiger partial charge < -0.3 is 15.5 Å². The maximum atomic E-state index is 13.4. The zero-order chi connectivity index (χ0) is 24.1. The minimum atomic E-state index is -0.646. The molecular weight excluding hydrogens is 418 g/mol. The number of benzene rings is 2. The minimum absolute atomic E-state index is 0.0274. The number of hydrogen-bond donors (Lipinski definition) is 2. The predicted octanol–water partition coefficient (Wildman–Crippen LogP) is 3.20. The van der Waals surface area contributed by atoms with E-state index in [1.165, 1.54) is 9.47 Å². The zero-order valence-electron chi connectivity index (χ0n) is 19.8. The van der Waals surface area contributed by atoms with Crippen LogP contribution in [0.3, 0.4) is 0 Å². The fourth-order valence-corrected chi connectivity index (χ4v) is 3.85. The van der Waals surface area contributed by atoms with Gasteiger partial charge in [-0.05, 0) is 35.2 Å². The van der Waals surface area contributed by atoms with Gasteiger partial charge in [0.15, 0.2) is 5.69 Å². The molecule has 0 aliphatic heterocycles. The molecule has 0 atom stereocenters. The van der Waals surface area contributed by atoms with Crippen molar-refractivity contribution in [3.63, 3.8) is 0 Å². The number of nitrogens with one attached hydrogen (secondary N) is 1. The molecular formula is C25H33N5O3. The van der Waals surface area contributed by atoms with Gasteiger partial charge in [-0.3, -0.25) is 19.1 Å². The summed E-state index contributed by atoms with van der Waals surface area (Å²) in [5, 5.41) is 2.20. The Balaban J connectivity index is 1.94. The molecule has 0 saturated carbocycles. The Labute approximate surface area is 193 Å². The van der Waals surface area contributed by atoms with Crippen molar-refractivity contribution in [2.45, 2.75) is 40.2 Å². The number of rotatable bonds is 9. The van der Waals surface area contributed by atoms with Crippen LogP contribution in [0.25, 0.3) is 10.8 Å². The van der Waals surface area contributed by atoms with E-state index in [9.17, 15) is 14.4 Å². The first-order chi connectivity index (χ1) is 15.7. The van der Waals surface area contributed by atoms with Gasteiger partial charge in [-0.1, -0.05) is 57.5 Å². The number of nitrogens with zero attached hydrogens (tertiary/aromatic N) is 3. The Morgan fingerprint density at radius 1 is 1.12 bits per heavy atom. The molecule has 0 radical (unpaired) electrons. The number of amides is 1. The van der Waals surface area contributed by atoms with Crippen molar-refractivity contribution < 1.29 is 4.79 Å². The van der Waals surface area contributed by atoms with Crippen LogP contribution >= 0.6 is 0 Å². The Bertz CT molecular complexity index is 1240. The van der Waals surface area contributed by atoms with Crippen molar-refractivity contribution >= 4 is 33.9 Å². The molecule has 8 nitrogen and oxygen atoms in total. The second-order valence-corrected chi connectivity index (χ2v) is 8.78. The molecule has 0 fully saturated rings. The summed E-state index contributed by atoms with van der Waals surface area (Å²) in [6.07, 6.45) is 1.60. The van der Waals surface area contributed by atoms with Crippen molar-refractivity contribution in [3.05, 3.63) is 63.3 Å². The SMILES string of the molecule is CCCCn1c(N)c(N(CC(C)C)C(=O)CN(C)c2ccc3ccccc3c2)c(=O)[nH]c1=O. The van der Waals surface area contributed by atoms with Crippen molar-refractivity contribution in [1.29, 1.82) is 0 Å². The summed E-state index contributed by atoms with van der Waals surface area (Å²) >= 11 is 0. The summed E-state index contributed by atoms with van der Waals surface area (Å²) in [5.41, 5.74) is 6.01. The lowest BCUT2D eigenvalue weighted by Crippen LogP contribution is -2.46. The average Bonchev–Trinajstić information content (AvgIpc) is 2.77. The molecule has 3 rings (SSSR count). The Morgan fingerprint density at radius 3 is 2.48 bits per heavy atom. The molecule has 2 aromatic carbocycles. The molecule has 1 amide bonds. The Hall–Kier alpha value is -3.55. The highest BCUT2D eigenvalue weighted by Crippen LogP contribution is 2.23. The van der Waals surface area contributed by atoms with Gasteiger partial charge in [0.1, 0.15) is 5.82 Å². The number of likely N-dealkylation sites (N-methyl/N-ethyl adjacent to an activating group) is 1. The standard InChI is InChI=1S/C25H33N5O3/c1-5-6-13-29-23(26)22(24(32)27-25(29)33)30(15-17(2)3)21(31)16-28(4)20-12-11-18-9-7-8-10-19(18)14-20/h7-12,14,17H,5-6,13,15-16,26H2,1-4H3,(H,27,32,33). The third kappa shape index (κ3) is 5.45. The minimum Gasteiger partial charge on any atom is -0.383 e. The fourth-order valence-electron chi connectivity index (χ4n) is 3.85. The van der Waals surface area contributed by atoms with Crippen molar-refractivity contribution in [3.8, 4) is 0 Å². The van der Waals surface area contributed by atoms with Gasteiger partial charge in [0.05, 0.1) is 6.54 Å². The molecule has 0 aliphatic carbocycles. The number of nitrogens with two attached hydrogens (primary N) is 1. The topological polar surface area (TPSA) is 104 Å². The van der Waals surface area contributed by atoms with Crippen LogP contribution < -0.4 is 26.8 Å². The van der Waals surface area contributed by atoms with E-state index in [-0.39, 0.29) is 29.9 Å². The van der Waals surface area contributed by atoms with E-state index in [1.54, 1.807) is 0 Å². The molecule has 0 unspecified atom stereocenters. The summed E-state index contributed by atoms with van der Waals surface area (Å²) in [6.45, 7) is 6.67. The lowest BCUT2D eigenvalue weighted by molar-refractivity contribution is -0.117. The molecule has 8 heteroatoms. The third-order valence-electron chi connectivity index (χ3n) is 5.61. The van der Waals surface area contributed by atoms with Crippen LogP contribution in [0.1, 0.15) is 33.6 Å². The predicted molar refractivity (Wildman–Crippen MR) is 135 cm³/mol. The first-order valence-electron chi connectivity index (χ1n) is 11.4. The van der Waals surface area contributed by atoms with Gasteiger partial charge >= 0.3 is 5.69 Å². The quantitative estimate of drug-likeness (QED) is 0.520. The van der Waals surface area contributed by atoms with Crippen LogP contribution in [-0.2, 0) is 11.3 Å². The number of fused-ring (bicyclic) bond motifs is 1. The molecule has 0 saturated heterocycles. The number of hydrogen-bond acceptors (Lipinski definition) is 5. The maximum Gasteiger partial charge on any atom is 0.330 e. The number of aromatic nitrogens is 2. The number of unbranched alkanes of at least 4 members (excludes halogenated alkanes) is 1. The van der Waals surface area contributed by atoms with Crippen molar-refractivity contribution in [2.24, 2.45) is 5.92 Å². The first-order valence-corrected chi connectivity index (χ1v) is 11.4. The number of nitrogen functional groups attached to an aromatic ring is 1.